The molecule has 1 fully saturated rings. The first-order valence-electron chi connectivity index (χ1n) is 10.3. The van der Waals surface area contributed by atoms with Crippen molar-refractivity contribution in [3.63, 3.8) is 0 Å². The summed E-state index contributed by atoms with van der Waals surface area (Å²) < 4.78 is 11.1. The maximum absolute atomic E-state index is 12.8. The molecule has 0 unspecified atom stereocenters. The van der Waals surface area contributed by atoms with Crippen LogP contribution < -0.4 is 15.0 Å². The number of amides is 2. The highest BCUT2D eigenvalue weighted by Gasteiger charge is 2.28. The molecular formula is C23H27N3O4. The third-order valence-electron chi connectivity index (χ3n) is 5.51. The number of ether oxygens (including phenoxy) is 2. The van der Waals surface area contributed by atoms with Crippen LogP contribution in [0.1, 0.15) is 5.56 Å². The van der Waals surface area contributed by atoms with E-state index in [2.05, 4.69) is 10.2 Å². The van der Waals surface area contributed by atoms with Crippen molar-refractivity contribution in [1.29, 1.82) is 0 Å². The minimum atomic E-state index is -0.273. The Bertz CT molecular complexity index is 894. The molecule has 0 saturated carbocycles. The third kappa shape index (κ3) is 4.74. The topological polar surface area (TPSA) is 71.1 Å². The number of fused-ring (bicyclic) bond motifs is 1. The van der Waals surface area contributed by atoms with Gasteiger partial charge < -0.3 is 24.6 Å². The summed E-state index contributed by atoms with van der Waals surface area (Å²) in [5, 5.41) is 2.87. The van der Waals surface area contributed by atoms with E-state index >= 15 is 0 Å². The minimum absolute atomic E-state index is 0.00218. The van der Waals surface area contributed by atoms with Crippen LogP contribution in [-0.2, 0) is 20.7 Å². The van der Waals surface area contributed by atoms with E-state index in [1.165, 1.54) is 4.90 Å². The number of morpholine rings is 1. The number of carbonyl (C=O) groups excluding carboxylic acids is 2. The zero-order valence-electron chi connectivity index (χ0n) is 17.2. The monoisotopic (exact) mass is 409 g/mol. The molecule has 2 aliphatic heterocycles. The standard InChI is InChI=1S/C23H27N3O4/c1-25(23(28)18-14-17-4-2-3-5-21(17)30-16-18)15-22(27)24-19-6-8-20(9-7-19)26-10-12-29-13-11-26/h2-9,18H,10-16H2,1H3,(H,24,27)/t18-/m0/s1. The zero-order chi connectivity index (χ0) is 20.9. The second kappa shape index (κ2) is 9.17. The van der Waals surface area contributed by atoms with Crippen LogP contribution in [0.25, 0.3) is 0 Å². The minimum Gasteiger partial charge on any atom is -0.492 e. The maximum atomic E-state index is 12.8. The molecule has 2 aromatic carbocycles. The highest BCUT2D eigenvalue weighted by molar-refractivity contribution is 5.95. The Labute approximate surface area is 176 Å². The Balaban J connectivity index is 1.28. The molecular weight excluding hydrogens is 382 g/mol. The number of rotatable bonds is 5. The van der Waals surface area contributed by atoms with Crippen LogP contribution in [-0.4, -0.2) is 63.2 Å². The van der Waals surface area contributed by atoms with E-state index in [4.69, 9.17) is 9.47 Å². The molecule has 0 bridgehead atoms. The number of benzene rings is 2. The summed E-state index contributed by atoms with van der Waals surface area (Å²) in [5.74, 6) is 0.261. The first kappa shape index (κ1) is 20.2. The van der Waals surface area contributed by atoms with Crippen LogP contribution in [0.15, 0.2) is 48.5 Å². The SMILES string of the molecule is CN(CC(=O)Nc1ccc(N2CCOCC2)cc1)C(=O)[C@@H]1COc2ccccc2C1. The summed E-state index contributed by atoms with van der Waals surface area (Å²) in [4.78, 5) is 28.9. The molecule has 30 heavy (non-hydrogen) atoms. The van der Waals surface area contributed by atoms with Gasteiger partial charge in [-0.05, 0) is 42.3 Å². The highest BCUT2D eigenvalue weighted by Crippen LogP contribution is 2.27. The smallest absolute Gasteiger partial charge is 0.243 e. The number of nitrogens with zero attached hydrogens (tertiary/aromatic N) is 2. The number of anilines is 2. The molecule has 158 valence electrons. The van der Waals surface area contributed by atoms with Crippen LogP contribution in [0.3, 0.4) is 0 Å². The van der Waals surface area contributed by atoms with E-state index < -0.39 is 0 Å². The Morgan fingerprint density at radius 3 is 2.60 bits per heavy atom. The molecule has 2 aromatic rings. The van der Waals surface area contributed by atoms with Gasteiger partial charge in [-0.1, -0.05) is 18.2 Å². The molecule has 0 spiro atoms. The maximum Gasteiger partial charge on any atom is 0.243 e. The lowest BCUT2D eigenvalue weighted by atomic mass is 9.95. The van der Waals surface area contributed by atoms with Gasteiger partial charge in [0.2, 0.25) is 11.8 Å². The number of hydrogen-bond donors (Lipinski definition) is 1. The van der Waals surface area contributed by atoms with Gasteiger partial charge in [-0.25, -0.2) is 0 Å². The van der Waals surface area contributed by atoms with E-state index in [9.17, 15) is 9.59 Å². The van der Waals surface area contributed by atoms with Gasteiger partial charge in [-0.15, -0.1) is 0 Å². The van der Waals surface area contributed by atoms with Crippen molar-refractivity contribution in [3.8, 4) is 5.75 Å². The van der Waals surface area contributed by atoms with E-state index in [1.807, 2.05) is 48.5 Å². The van der Waals surface area contributed by atoms with E-state index in [0.717, 1.165) is 43.3 Å². The average molecular weight is 409 g/mol. The van der Waals surface area contributed by atoms with Crippen molar-refractivity contribution in [2.45, 2.75) is 6.42 Å². The number of hydrogen-bond acceptors (Lipinski definition) is 5. The molecule has 2 aliphatic rings. The van der Waals surface area contributed by atoms with E-state index in [1.54, 1.807) is 7.05 Å². The predicted molar refractivity (Wildman–Crippen MR) is 115 cm³/mol. The Kier molecular flexibility index (Phi) is 6.18. The Morgan fingerprint density at radius 2 is 1.83 bits per heavy atom. The fraction of sp³-hybridized carbons (Fsp3) is 0.391. The number of likely N-dealkylation sites (N-methyl/N-ethyl adjacent to an activating group) is 1. The van der Waals surface area contributed by atoms with Gasteiger partial charge in [0.1, 0.15) is 12.4 Å². The summed E-state index contributed by atoms with van der Waals surface area (Å²) in [6, 6.07) is 15.5. The van der Waals surface area contributed by atoms with Crippen molar-refractivity contribution in [3.05, 3.63) is 54.1 Å². The molecule has 7 nitrogen and oxygen atoms in total. The first-order chi connectivity index (χ1) is 14.6. The van der Waals surface area contributed by atoms with Crippen LogP contribution >= 0.6 is 0 Å². The normalized spacial score (nSPS) is 18.2. The number of nitrogens with one attached hydrogen (secondary N) is 1. The lowest BCUT2D eigenvalue weighted by Crippen LogP contribution is -2.42. The Hall–Kier alpha value is -3.06. The van der Waals surface area contributed by atoms with Crippen molar-refractivity contribution < 1.29 is 19.1 Å². The summed E-state index contributed by atoms with van der Waals surface area (Å²) in [7, 11) is 1.66. The summed E-state index contributed by atoms with van der Waals surface area (Å²) >= 11 is 0. The fourth-order valence-corrected chi connectivity index (χ4v) is 3.87. The van der Waals surface area contributed by atoms with Crippen molar-refractivity contribution in [2.24, 2.45) is 5.92 Å². The summed E-state index contributed by atoms with van der Waals surface area (Å²) in [5.41, 5.74) is 2.86. The molecule has 2 heterocycles. The molecule has 1 N–H and O–H groups in total. The quantitative estimate of drug-likeness (QED) is 0.820. The highest BCUT2D eigenvalue weighted by atomic mass is 16.5. The summed E-state index contributed by atoms with van der Waals surface area (Å²) in [6.45, 7) is 3.54. The number of para-hydroxylation sites is 1. The van der Waals surface area contributed by atoms with Gasteiger partial charge in [0.25, 0.3) is 0 Å². The van der Waals surface area contributed by atoms with Gasteiger partial charge >= 0.3 is 0 Å². The van der Waals surface area contributed by atoms with Gasteiger partial charge in [0.05, 0.1) is 25.7 Å². The van der Waals surface area contributed by atoms with Crippen LogP contribution in [0.5, 0.6) is 5.75 Å². The van der Waals surface area contributed by atoms with Gasteiger partial charge in [0.15, 0.2) is 0 Å². The molecule has 4 rings (SSSR count). The zero-order valence-corrected chi connectivity index (χ0v) is 17.2. The average Bonchev–Trinajstić information content (AvgIpc) is 2.79. The summed E-state index contributed by atoms with van der Waals surface area (Å²) in [6.07, 6.45) is 0.629. The van der Waals surface area contributed by atoms with E-state index in [0.29, 0.717) is 18.7 Å². The van der Waals surface area contributed by atoms with Gasteiger partial charge in [-0.2, -0.15) is 0 Å². The molecule has 0 aromatic heterocycles. The molecule has 7 heteroatoms. The fourth-order valence-electron chi connectivity index (χ4n) is 3.87. The van der Waals surface area contributed by atoms with Crippen molar-refractivity contribution in [2.75, 3.05) is 56.7 Å². The number of carbonyl (C=O) groups is 2. The molecule has 0 radical (unpaired) electrons. The van der Waals surface area contributed by atoms with Gasteiger partial charge in [0, 0.05) is 31.5 Å². The predicted octanol–water partition coefficient (Wildman–Crippen LogP) is 2.17. The van der Waals surface area contributed by atoms with Crippen molar-refractivity contribution >= 4 is 23.2 Å². The van der Waals surface area contributed by atoms with Crippen molar-refractivity contribution in [1.82, 2.24) is 4.90 Å². The largest absolute Gasteiger partial charge is 0.492 e. The Morgan fingerprint density at radius 1 is 1.10 bits per heavy atom. The third-order valence-corrected chi connectivity index (χ3v) is 5.51. The van der Waals surface area contributed by atoms with E-state index in [-0.39, 0.29) is 24.3 Å². The van der Waals surface area contributed by atoms with Crippen LogP contribution in [0, 0.1) is 5.92 Å². The lowest BCUT2D eigenvalue weighted by molar-refractivity contribution is -0.138. The van der Waals surface area contributed by atoms with Crippen LogP contribution in [0.4, 0.5) is 11.4 Å². The second-order valence-electron chi connectivity index (χ2n) is 7.71. The second-order valence-corrected chi connectivity index (χ2v) is 7.71. The van der Waals surface area contributed by atoms with Crippen LogP contribution in [0.2, 0.25) is 0 Å². The van der Waals surface area contributed by atoms with Gasteiger partial charge in [-0.3, -0.25) is 9.59 Å². The molecule has 0 aliphatic carbocycles. The molecule has 1 saturated heterocycles. The lowest BCUT2D eigenvalue weighted by Gasteiger charge is -2.29. The molecule has 1 atom stereocenters. The molecule has 2 amide bonds. The first-order valence-corrected chi connectivity index (χ1v) is 10.3.